The highest BCUT2D eigenvalue weighted by atomic mass is 16.5. The summed E-state index contributed by atoms with van der Waals surface area (Å²) in [4.78, 5) is 12.2. The lowest BCUT2D eigenvalue weighted by Crippen LogP contribution is -2.35. The van der Waals surface area contributed by atoms with Crippen LogP contribution in [0.15, 0.2) is 11.6 Å². The average Bonchev–Trinajstić information content (AvgIpc) is 3.20. The number of allylic oxidation sites excluding steroid dienone is 2. The fourth-order valence-electron chi connectivity index (χ4n) is 3.35. The minimum Gasteiger partial charge on any atom is -0.465 e. The van der Waals surface area contributed by atoms with Crippen LogP contribution in [-0.2, 0) is 9.53 Å². The Balaban J connectivity index is 1.91. The molecule has 2 unspecified atom stereocenters. The van der Waals surface area contributed by atoms with Crippen molar-refractivity contribution in [2.24, 2.45) is 16.7 Å². The van der Waals surface area contributed by atoms with Crippen LogP contribution in [0.2, 0.25) is 0 Å². The fourth-order valence-corrected chi connectivity index (χ4v) is 3.35. The van der Waals surface area contributed by atoms with Crippen molar-refractivity contribution in [3.05, 3.63) is 11.6 Å². The molecule has 0 bridgehead atoms. The van der Waals surface area contributed by atoms with Crippen LogP contribution in [-0.4, -0.2) is 23.8 Å². The van der Waals surface area contributed by atoms with E-state index in [0.717, 1.165) is 32.1 Å². The summed E-state index contributed by atoms with van der Waals surface area (Å²) in [6.07, 6.45) is 6.89. The smallest absolute Gasteiger partial charge is 0.314 e. The molecule has 0 aromatic heterocycles. The van der Waals surface area contributed by atoms with E-state index in [1.54, 1.807) is 0 Å². The van der Waals surface area contributed by atoms with Crippen LogP contribution >= 0.6 is 0 Å². The standard InChI is InChI=1S/C18H30O3/c1-5-6-11-21-16(20)18(9-10-18)15(19)12-14-8-7-13(2)17(14,3)4/h7,14-15,19H,5-6,8-12H2,1-4H3. The molecule has 1 saturated carbocycles. The van der Waals surface area contributed by atoms with Crippen molar-refractivity contribution in [3.63, 3.8) is 0 Å². The van der Waals surface area contributed by atoms with Gasteiger partial charge >= 0.3 is 5.97 Å². The van der Waals surface area contributed by atoms with Crippen LogP contribution in [0.1, 0.15) is 66.2 Å². The third-order valence-electron chi connectivity index (χ3n) is 5.82. The summed E-state index contributed by atoms with van der Waals surface area (Å²) in [7, 11) is 0. The lowest BCUT2D eigenvalue weighted by atomic mass is 9.73. The van der Waals surface area contributed by atoms with Gasteiger partial charge in [-0.05, 0) is 50.4 Å². The minimum absolute atomic E-state index is 0.128. The van der Waals surface area contributed by atoms with E-state index in [1.807, 2.05) is 0 Å². The summed E-state index contributed by atoms with van der Waals surface area (Å²) in [6.45, 7) is 9.20. The van der Waals surface area contributed by atoms with E-state index in [-0.39, 0.29) is 11.4 Å². The van der Waals surface area contributed by atoms with Crippen molar-refractivity contribution >= 4 is 5.97 Å². The molecular formula is C18H30O3. The summed E-state index contributed by atoms with van der Waals surface area (Å²) < 4.78 is 5.36. The molecule has 0 heterocycles. The normalized spacial score (nSPS) is 27.1. The van der Waals surface area contributed by atoms with Gasteiger partial charge < -0.3 is 9.84 Å². The number of carbonyl (C=O) groups excluding carboxylic acids is 1. The second-order valence-electron chi connectivity index (χ2n) is 7.44. The monoisotopic (exact) mass is 294 g/mol. The SMILES string of the molecule is CCCCOC(=O)C1(C(O)CC2CC=C(C)C2(C)C)CC1. The fraction of sp³-hybridized carbons (Fsp3) is 0.833. The number of unbranched alkanes of at least 4 members (excludes halogenated alkanes) is 1. The van der Waals surface area contributed by atoms with Gasteiger partial charge in [-0.25, -0.2) is 0 Å². The number of hydrogen-bond acceptors (Lipinski definition) is 3. The Morgan fingerprint density at radius 3 is 2.62 bits per heavy atom. The number of hydrogen-bond donors (Lipinski definition) is 1. The van der Waals surface area contributed by atoms with E-state index in [1.165, 1.54) is 5.57 Å². The van der Waals surface area contributed by atoms with Gasteiger partial charge in [0.1, 0.15) is 0 Å². The van der Waals surface area contributed by atoms with Crippen molar-refractivity contribution in [2.45, 2.75) is 72.3 Å². The highest BCUT2D eigenvalue weighted by molar-refractivity contribution is 5.80. The number of aliphatic hydroxyl groups excluding tert-OH is 1. The largest absolute Gasteiger partial charge is 0.465 e. The molecule has 2 atom stereocenters. The second-order valence-corrected chi connectivity index (χ2v) is 7.44. The zero-order valence-electron chi connectivity index (χ0n) is 13.9. The average molecular weight is 294 g/mol. The van der Waals surface area contributed by atoms with Gasteiger partial charge in [-0.1, -0.05) is 38.8 Å². The lowest BCUT2D eigenvalue weighted by Gasteiger charge is -2.33. The van der Waals surface area contributed by atoms with E-state index in [0.29, 0.717) is 18.9 Å². The van der Waals surface area contributed by atoms with Gasteiger partial charge in [-0.2, -0.15) is 0 Å². The molecule has 0 radical (unpaired) electrons. The van der Waals surface area contributed by atoms with Crippen LogP contribution < -0.4 is 0 Å². The molecule has 3 heteroatoms. The quantitative estimate of drug-likeness (QED) is 0.441. The first kappa shape index (κ1) is 16.5. The van der Waals surface area contributed by atoms with Crippen LogP contribution in [0.3, 0.4) is 0 Å². The number of esters is 1. The van der Waals surface area contributed by atoms with Crippen molar-refractivity contribution in [1.29, 1.82) is 0 Å². The Morgan fingerprint density at radius 1 is 1.48 bits per heavy atom. The van der Waals surface area contributed by atoms with E-state index >= 15 is 0 Å². The zero-order valence-corrected chi connectivity index (χ0v) is 13.9. The third kappa shape index (κ3) is 3.18. The van der Waals surface area contributed by atoms with Crippen molar-refractivity contribution in [3.8, 4) is 0 Å². The van der Waals surface area contributed by atoms with Gasteiger partial charge in [-0.3, -0.25) is 4.79 Å². The molecule has 0 spiro atoms. The Hall–Kier alpha value is -0.830. The highest BCUT2D eigenvalue weighted by Gasteiger charge is 2.57. The lowest BCUT2D eigenvalue weighted by molar-refractivity contribution is -0.155. The number of aliphatic hydroxyl groups is 1. The van der Waals surface area contributed by atoms with Crippen molar-refractivity contribution in [2.75, 3.05) is 6.61 Å². The van der Waals surface area contributed by atoms with Crippen LogP contribution in [0.4, 0.5) is 0 Å². The Labute approximate surface area is 128 Å². The van der Waals surface area contributed by atoms with Gasteiger partial charge in [0, 0.05) is 0 Å². The molecule has 2 aliphatic carbocycles. The van der Waals surface area contributed by atoms with Gasteiger partial charge in [0.15, 0.2) is 0 Å². The van der Waals surface area contributed by atoms with Crippen LogP contribution in [0, 0.1) is 16.7 Å². The molecule has 0 saturated heterocycles. The molecule has 1 N–H and O–H groups in total. The topological polar surface area (TPSA) is 46.5 Å². The van der Waals surface area contributed by atoms with E-state index < -0.39 is 11.5 Å². The minimum atomic E-state index is -0.597. The van der Waals surface area contributed by atoms with Crippen LogP contribution in [0.25, 0.3) is 0 Å². The molecule has 21 heavy (non-hydrogen) atoms. The van der Waals surface area contributed by atoms with E-state index in [9.17, 15) is 9.90 Å². The number of carbonyl (C=O) groups is 1. The van der Waals surface area contributed by atoms with Gasteiger partial charge in [-0.15, -0.1) is 0 Å². The third-order valence-corrected chi connectivity index (χ3v) is 5.82. The maximum atomic E-state index is 12.2. The second kappa shape index (κ2) is 6.12. The molecule has 120 valence electrons. The Morgan fingerprint density at radius 2 is 2.14 bits per heavy atom. The maximum absolute atomic E-state index is 12.2. The Kier molecular flexibility index (Phi) is 4.82. The summed E-state index contributed by atoms with van der Waals surface area (Å²) in [6, 6.07) is 0. The molecule has 0 aliphatic heterocycles. The Bertz CT molecular complexity index is 418. The summed E-state index contributed by atoms with van der Waals surface area (Å²) in [5, 5.41) is 10.6. The number of rotatable bonds is 7. The van der Waals surface area contributed by atoms with Crippen molar-refractivity contribution < 1.29 is 14.6 Å². The van der Waals surface area contributed by atoms with Gasteiger partial charge in [0.05, 0.1) is 18.1 Å². The first-order valence-electron chi connectivity index (χ1n) is 8.37. The summed E-state index contributed by atoms with van der Waals surface area (Å²) in [5.74, 6) is 0.248. The predicted molar refractivity (Wildman–Crippen MR) is 83.8 cm³/mol. The van der Waals surface area contributed by atoms with E-state index in [2.05, 4.69) is 33.8 Å². The summed E-state index contributed by atoms with van der Waals surface area (Å²) >= 11 is 0. The molecule has 0 amide bonds. The first-order chi connectivity index (χ1) is 9.84. The molecule has 1 fully saturated rings. The molecule has 2 rings (SSSR count). The van der Waals surface area contributed by atoms with Crippen LogP contribution in [0.5, 0.6) is 0 Å². The van der Waals surface area contributed by atoms with Gasteiger partial charge in [0.25, 0.3) is 0 Å². The molecule has 2 aliphatic rings. The maximum Gasteiger partial charge on any atom is 0.314 e. The molecular weight excluding hydrogens is 264 g/mol. The molecule has 0 aromatic carbocycles. The highest BCUT2D eigenvalue weighted by Crippen LogP contribution is 2.54. The zero-order chi connectivity index (χ0) is 15.7. The first-order valence-corrected chi connectivity index (χ1v) is 8.37. The molecule has 0 aromatic rings. The molecule has 3 nitrogen and oxygen atoms in total. The van der Waals surface area contributed by atoms with Gasteiger partial charge in [0.2, 0.25) is 0 Å². The number of ether oxygens (including phenoxy) is 1. The summed E-state index contributed by atoms with van der Waals surface area (Å²) in [5.41, 5.74) is 0.929. The van der Waals surface area contributed by atoms with Crippen molar-refractivity contribution in [1.82, 2.24) is 0 Å². The predicted octanol–water partition coefficient (Wildman–Crippen LogP) is 3.85. The van der Waals surface area contributed by atoms with E-state index in [4.69, 9.17) is 4.74 Å².